The van der Waals surface area contributed by atoms with Crippen LogP contribution in [0.5, 0.6) is 23.0 Å². The van der Waals surface area contributed by atoms with Gasteiger partial charge in [0, 0.05) is 35.9 Å². The number of aliphatic hydroxyl groups excluding tert-OH is 1. The maximum absolute atomic E-state index is 11.5. The van der Waals surface area contributed by atoms with Crippen LogP contribution in [-0.4, -0.2) is 172 Å². The average Bonchev–Trinajstić information content (AvgIpc) is 1.71. The van der Waals surface area contributed by atoms with Crippen LogP contribution < -0.4 is 62.6 Å². The van der Waals surface area contributed by atoms with Gasteiger partial charge in [-0.05, 0) is 132 Å². The number of furan rings is 5. The fourth-order valence-corrected chi connectivity index (χ4v) is 12.1. The van der Waals surface area contributed by atoms with Gasteiger partial charge in [0.15, 0.2) is 28.9 Å². The minimum atomic E-state index is -3.56. The number of alkyl halides is 2. The Kier molecular flexibility index (Phi) is 50.4. The second kappa shape index (κ2) is 51.1. The molecule has 0 bridgehead atoms. The van der Waals surface area contributed by atoms with Crippen molar-refractivity contribution in [2.24, 2.45) is 0 Å². The molecular weight excluding hydrogens is 1770 g/mol. The fourth-order valence-electron chi connectivity index (χ4n) is 8.18. The number of aromatic hydroxyl groups is 1. The zero-order chi connectivity index (χ0) is 82.8. The normalized spacial score (nSPS) is 11.3. The van der Waals surface area contributed by atoms with Crippen LogP contribution in [0, 0.1) is 10.1 Å². The Bertz CT molecular complexity index is 5110. The first-order valence-electron chi connectivity index (χ1n) is 30.4. The number of aliphatic hydroxyl groups is 1. The van der Waals surface area contributed by atoms with Gasteiger partial charge in [0.2, 0.25) is 71.2 Å². The molecular formula is C69H86AlCl6LiNNaO29S6. The van der Waals surface area contributed by atoms with Crippen LogP contribution in [0.4, 0.5) is 5.88 Å². The van der Waals surface area contributed by atoms with Gasteiger partial charge in [-0.15, -0.1) is 23.2 Å². The molecule has 0 fully saturated rings. The van der Waals surface area contributed by atoms with E-state index in [1.165, 1.54) is 55.6 Å². The number of sulfone groups is 4. The van der Waals surface area contributed by atoms with Crippen LogP contribution in [0.25, 0.3) is 0 Å². The Morgan fingerprint density at radius 1 is 0.518 bits per heavy atom. The molecule has 5 aromatic heterocycles. The number of hydrogen-bond donors (Lipinski definition) is 2. The van der Waals surface area contributed by atoms with Crippen LogP contribution in [0.15, 0.2) is 176 Å². The number of rotatable bonds is 24. The van der Waals surface area contributed by atoms with Gasteiger partial charge >= 0.3 is 66.2 Å². The Morgan fingerprint density at radius 2 is 0.833 bits per heavy atom. The van der Waals surface area contributed by atoms with Crippen molar-refractivity contribution >= 4 is 165 Å². The summed E-state index contributed by atoms with van der Waals surface area (Å²) in [4.78, 5) is 30.9. The van der Waals surface area contributed by atoms with Crippen molar-refractivity contribution in [1.82, 2.24) is 0 Å². The predicted octanol–water partition coefficient (Wildman–Crippen LogP) is 7.64. The molecule has 0 aliphatic rings. The minimum Gasteiger partial charge on any atom is -1.00 e. The first kappa shape index (κ1) is 113. The third-order valence-corrected chi connectivity index (χ3v) is 19.5. The zero-order valence-electron chi connectivity index (χ0n) is 62.7. The smallest absolute Gasteiger partial charge is 1.00 e. The van der Waals surface area contributed by atoms with Crippen molar-refractivity contribution in [3.8, 4) is 23.0 Å². The number of ether oxygens (including phenoxy) is 5. The number of halogens is 6. The number of phenols is 1. The molecule has 30 nitrogen and oxygen atoms in total. The van der Waals surface area contributed by atoms with E-state index in [2.05, 4.69) is 45.8 Å². The number of methoxy groups -OCH3 is 2. The third-order valence-electron chi connectivity index (χ3n) is 13.7. The molecule has 9 rings (SSSR count). The number of carbonyl (C=O) groups is 2. The van der Waals surface area contributed by atoms with E-state index in [-0.39, 0.29) is 162 Å². The first-order valence-corrected chi connectivity index (χ1v) is 43.8. The molecule has 5 heterocycles. The van der Waals surface area contributed by atoms with Crippen molar-refractivity contribution < 1.29 is 175 Å². The van der Waals surface area contributed by atoms with Gasteiger partial charge < -0.3 is 62.0 Å². The number of phenolic OH excluding ortho intramolecular Hbond substituents is 1. The van der Waals surface area contributed by atoms with Gasteiger partial charge in [0.25, 0.3) is 10.1 Å². The Balaban J connectivity index is -0.000000657. The molecule has 1 atom stereocenters. The molecule has 2 N–H and O–H groups in total. The summed E-state index contributed by atoms with van der Waals surface area (Å²) >= 11 is 34.8. The van der Waals surface area contributed by atoms with Crippen LogP contribution in [0.3, 0.4) is 0 Å². The second-order valence-corrected chi connectivity index (χ2v) is 35.6. The maximum Gasteiger partial charge on any atom is 1.00 e. The molecule has 0 aliphatic heterocycles. The Hall–Kier alpha value is -5.53. The van der Waals surface area contributed by atoms with E-state index in [0.29, 0.717) is 68.1 Å². The molecule has 1 unspecified atom stereocenters. The van der Waals surface area contributed by atoms with Gasteiger partial charge in [0.1, 0.15) is 66.7 Å². The van der Waals surface area contributed by atoms with E-state index >= 15 is 0 Å². The van der Waals surface area contributed by atoms with E-state index in [4.69, 9.17) is 115 Å². The molecule has 4 aromatic carbocycles. The van der Waals surface area contributed by atoms with E-state index in [1.807, 2.05) is 60.7 Å². The molecule has 0 amide bonds. The molecule has 114 heavy (non-hydrogen) atoms. The summed E-state index contributed by atoms with van der Waals surface area (Å²) in [6, 6.07) is 35.2. The zero-order valence-corrected chi connectivity index (χ0v) is 73.2. The number of benzene rings is 4. The van der Waals surface area contributed by atoms with E-state index in [9.17, 15) is 66.9 Å². The summed E-state index contributed by atoms with van der Waals surface area (Å²) < 4.78 is 182. The summed E-state index contributed by atoms with van der Waals surface area (Å²) in [6.45, 7) is 8.47. The predicted molar refractivity (Wildman–Crippen MR) is 429 cm³/mol. The van der Waals surface area contributed by atoms with Gasteiger partial charge in [0.05, 0.1) is 58.4 Å². The van der Waals surface area contributed by atoms with Crippen molar-refractivity contribution in [2.75, 3.05) is 76.7 Å². The van der Waals surface area contributed by atoms with Crippen molar-refractivity contribution in [1.29, 1.82) is 0 Å². The second-order valence-electron chi connectivity index (χ2n) is 23.0. The number of hydrogen-bond acceptors (Lipinski definition) is 29. The molecule has 0 aliphatic carbocycles. The molecule has 0 saturated carbocycles. The first-order chi connectivity index (χ1) is 50.4. The summed E-state index contributed by atoms with van der Waals surface area (Å²) in [5, 5.41) is 29.2. The molecule has 0 spiro atoms. The largest absolute Gasteiger partial charge is 1.00 e. The molecule has 9 aromatic rings. The van der Waals surface area contributed by atoms with Crippen molar-refractivity contribution in [2.45, 2.75) is 93.6 Å². The number of carbonyl (C=O) groups excluding carboxylic acids is 2. The standard InChI is InChI=1S/C23H23Cl3O5S.C17H17Cl3O2.C7H10O6S2.C7H8O5S.C6H5NO5.C6H8O4S.CH4O2S.2CH4.Al.Li.Na.4H/c1-23(2,16-12-19(25)22(20(26)13-16)29-11-10-24)15-4-6-17(7-5-15)30-14-18-8-9-21(31-18)32(3,27)28;1-17(2,11-3-5-13(21)6-4-11)12-9-14(19)16(15(20)10-12)22-8-7-18;1-14(8,9)7-4-3-6(13-7)5-12-15(2,10)11;1-11-7(8)5-3-4-6(12-5)13(2,9)10;1-11-6(8)4-2-3-5(12-4)7(9)10;1-11(8,9)6-3-2-5(4-7)10-6;1-4(2)3;;;;;;;;;/h4-9,12-13H,10-11,14H2,1-3H3;3-6,9-10,21H,7-8H2,1-2H3;3-4H,5H2,1-2H3;3-4H,1-2H3;2-3H,1H3;2-3,7H,4H2,1H3;1H3,(H,2,3);2*1H4;;;;;;;/q;;;;;;;;;;2*+1;;;;-1/p-1. The molecule has 45 heteroatoms. The topological polar surface area (TPSA) is 450 Å². The SMILES string of the molecule is C.C.CC(C)(c1ccc(O)cc1)c1cc(Cl)c(OCCCl)c(Cl)c1.CC(C)(c1ccc(OCc2ccc(S(C)(=O)=O)o2)cc1)c1cc(Cl)c(OCCCl)c(Cl)c1.COC(=O)c1ccc(S(C)(=O)=O)o1.COC(=O)c1ccc([N+](=O)[O-])o1.CS(=O)(=O)OCc1ccc(S(C)(=O)=O)o1.CS(=O)(=O)c1ccc(CO)o1.CS(=O)[O-].[AlH3].[H-].[Li+].[Na+]. The number of nitro groups is 1. The Morgan fingerprint density at radius 3 is 1.13 bits per heavy atom. The summed E-state index contributed by atoms with van der Waals surface area (Å²) in [5.41, 5.74) is 3.28. The fraction of sp³-hybridized carbons (Fsp3) is 0.333. The maximum atomic E-state index is 11.5. The van der Waals surface area contributed by atoms with Crippen molar-refractivity contribution in [3.05, 3.63) is 215 Å². The van der Waals surface area contributed by atoms with Crippen LogP contribution >= 0.6 is 69.6 Å². The number of nitrogens with zero attached hydrogens (tertiary/aromatic N) is 1. The average molecular weight is 1860 g/mol. The van der Waals surface area contributed by atoms with E-state index < -0.39 is 83.3 Å². The third kappa shape index (κ3) is 38.0. The number of esters is 2. The minimum absolute atomic E-state index is 0. The molecule has 624 valence electrons. The molecule has 0 radical (unpaired) electrons. The Labute approximate surface area is 741 Å². The van der Waals surface area contributed by atoms with Gasteiger partial charge in [-0.2, -0.15) is 8.42 Å². The summed E-state index contributed by atoms with van der Waals surface area (Å²) in [6.07, 6.45) is 6.11. The van der Waals surface area contributed by atoms with Crippen molar-refractivity contribution in [3.63, 3.8) is 0 Å². The van der Waals surface area contributed by atoms with Gasteiger partial charge in [-0.1, -0.05) is 124 Å². The monoisotopic (exact) mass is 1850 g/mol. The van der Waals surface area contributed by atoms with Crippen LogP contribution in [0.2, 0.25) is 20.1 Å². The van der Waals surface area contributed by atoms with E-state index in [0.717, 1.165) is 73.0 Å². The van der Waals surface area contributed by atoms with Crippen LogP contribution in [0.1, 0.15) is 105 Å². The quantitative estimate of drug-likeness (QED) is 0.0112. The van der Waals surface area contributed by atoms with Crippen LogP contribution in [-0.2, 0) is 105 Å². The van der Waals surface area contributed by atoms with E-state index in [1.54, 1.807) is 18.2 Å². The molecule has 0 saturated heterocycles. The van der Waals surface area contributed by atoms with Gasteiger partial charge in [-0.25, -0.2) is 43.3 Å². The summed E-state index contributed by atoms with van der Waals surface area (Å²) in [5.74, 6) is 1.06. The summed E-state index contributed by atoms with van der Waals surface area (Å²) in [7, 11) is -14.7. The van der Waals surface area contributed by atoms with Gasteiger partial charge in [-0.3, -0.25) is 18.5 Å².